The Morgan fingerprint density at radius 2 is 2.00 bits per heavy atom. The Kier molecular flexibility index (Phi) is 7.02. The lowest BCUT2D eigenvalue weighted by atomic mass is 9.90. The van der Waals surface area contributed by atoms with Crippen LogP contribution in [0.5, 0.6) is 5.75 Å². The SMILES string of the molecule is CCOc1ccccc1CNC(=O)NCC(C)(C)CCO. The van der Waals surface area contributed by atoms with Crippen LogP contribution in [0.3, 0.4) is 0 Å². The lowest BCUT2D eigenvalue weighted by Gasteiger charge is -2.23. The molecule has 2 amide bonds. The van der Waals surface area contributed by atoms with E-state index in [1.807, 2.05) is 45.0 Å². The normalized spacial score (nSPS) is 11.0. The summed E-state index contributed by atoms with van der Waals surface area (Å²) in [5, 5.41) is 14.6. The first-order chi connectivity index (χ1) is 9.98. The van der Waals surface area contributed by atoms with Crippen molar-refractivity contribution in [3.05, 3.63) is 29.8 Å². The molecule has 0 atom stereocenters. The number of carbonyl (C=O) groups excluding carboxylic acids is 1. The summed E-state index contributed by atoms with van der Waals surface area (Å²) in [6.07, 6.45) is 0.653. The Balaban J connectivity index is 2.43. The third-order valence-electron chi connectivity index (χ3n) is 3.23. The maximum Gasteiger partial charge on any atom is 0.315 e. The first-order valence-electron chi connectivity index (χ1n) is 7.32. The summed E-state index contributed by atoms with van der Waals surface area (Å²) in [6.45, 7) is 7.60. The van der Waals surface area contributed by atoms with Gasteiger partial charge in [0.05, 0.1) is 6.61 Å². The molecule has 3 N–H and O–H groups in total. The van der Waals surface area contributed by atoms with Crippen LogP contribution in [0.1, 0.15) is 32.8 Å². The lowest BCUT2D eigenvalue weighted by Crippen LogP contribution is -2.40. The minimum atomic E-state index is -0.215. The second-order valence-corrected chi connectivity index (χ2v) is 5.71. The number of para-hydroxylation sites is 1. The minimum Gasteiger partial charge on any atom is -0.494 e. The summed E-state index contributed by atoms with van der Waals surface area (Å²) in [7, 11) is 0. The fourth-order valence-corrected chi connectivity index (χ4v) is 1.89. The zero-order chi connectivity index (χ0) is 15.7. The lowest BCUT2D eigenvalue weighted by molar-refractivity contribution is 0.201. The maximum absolute atomic E-state index is 11.8. The van der Waals surface area contributed by atoms with Crippen LogP contribution in [0.15, 0.2) is 24.3 Å². The summed E-state index contributed by atoms with van der Waals surface area (Å²) in [4.78, 5) is 11.8. The van der Waals surface area contributed by atoms with Crippen molar-refractivity contribution in [1.82, 2.24) is 10.6 Å². The van der Waals surface area contributed by atoms with Gasteiger partial charge in [-0.05, 0) is 24.8 Å². The number of nitrogens with one attached hydrogen (secondary N) is 2. The Labute approximate surface area is 126 Å². The van der Waals surface area contributed by atoms with Gasteiger partial charge in [0, 0.05) is 25.3 Å². The van der Waals surface area contributed by atoms with Gasteiger partial charge in [0.25, 0.3) is 0 Å². The summed E-state index contributed by atoms with van der Waals surface area (Å²) in [5.74, 6) is 0.793. The number of benzene rings is 1. The van der Waals surface area contributed by atoms with Crippen LogP contribution in [-0.2, 0) is 6.54 Å². The van der Waals surface area contributed by atoms with Crippen LogP contribution in [0.4, 0.5) is 4.79 Å². The molecule has 0 aliphatic carbocycles. The summed E-state index contributed by atoms with van der Waals surface area (Å²) in [5.41, 5.74) is 0.833. The average molecular weight is 294 g/mol. The molecule has 5 nitrogen and oxygen atoms in total. The molecule has 0 aliphatic rings. The predicted molar refractivity (Wildman–Crippen MR) is 83.3 cm³/mol. The topological polar surface area (TPSA) is 70.6 Å². The Morgan fingerprint density at radius 1 is 1.29 bits per heavy atom. The van der Waals surface area contributed by atoms with E-state index in [9.17, 15) is 4.79 Å². The van der Waals surface area contributed by atoms with Crippen LogP contribution < -0.4 is 15.4 Å². The van der Waals surface area contributed by atoms with Crippen LogP contribution in [0.25, 0.3) is 0 Å². The smallest absolute Gasteiger partial charge is 0.315 e. The summed E-state index contributed by atoms with van der Waals surface area (Å²) < 4.78 is 5.52. The summed E-state index contributed by atoms with van der Waals surface area (Å²) in [6, 6.07) is 7.43. The monoisotopic (exact) mass is 294 g/mol. The van der Waals surface area contributed by atoms with E-state index in [0.717, 1.165) is 11.3 Å². The van der Waals surface area contributed by atoms with Crippen molar-refractivity contribution < 1.29 is 14.6 Å². The van der Waals surface area contributed by atoms with Gasteiger partial charge in [0.15, 0.2) is 0 Å². The number of aliphatic hydroxyl groups is 1. The summed E-state index contributed by atoms with van der Waals surface area (Å²) >= 11 is 0. The zero-order valence-electron chi connectivity index (χ0n) is 13.1. The third-order valence-corrected chi connectivity index (χ3v) is 3.23. The van der Waals surface area contributed by atoms with Crippen molar-refractivity contribution in [3.8, 4) is 5.75 Å². The first-order valence-corrected chi connectivity index (χ1v) is 7.32. The molecule has 5 heteroatoms. The number of aliphatic hydroxyl groups excluding tert-OH is 1. The van der Waals surface area contributed by atoms with Crippen LogP contribution in [-0.4, -0.2) is 30.9 Å². The van der Waals surface area contributed by atoms with E-state index < -0.39 is 0 Å². The second kappa shape index (κ2) is 8.52. The van der Waals surface area contributed by atoms with Crippen LogP contribution in [0, 0.1) is 5.41 Å². The largest absolute Gasteiger partial charge is 0.494 e. The van der Waals surface area contributed by atoms with Gasteiger partial charge in [-0.3, -0.25) is 0 Å². The Bertz CT molecular complexity index is 447. The average Bonchev–Trinajstić information content (AvgIpc) is 2.44. The van der Waals surface area contributed by atoms with Gasteiger partial charge in [-0.15, -0.1) is 0 Å². The van der Waals surface area contributed by atoms with E-state index in [2.05, 4.69) is 10.6 Å². The number of ether oxygens (including phenoxy) is 1. The van der Waals surface area contributed by atoms with E-state index in [4.69, 9.17) is 9.84 Å². The van der Waals surface area contributed by atoms with E-state index in [1.54, 1.807) is 0 Å². The van der Waals surface area contributed by atoms with Crippen molar-refractivity contribution in [2.75, 3.05) is 19.8 Å². The third kappa shape index (κ3) is 6.49. The first kappa shape index (κ1) is 17.3. The van der Waals surface area contributed by atoms with Crippen LogP contribution in [0.2, 0.25) is 0 Å². The molecule has 0 heterocycles. The standard InChI is InChI=1S/C16H26N2O3/c1-4-21-14-8-6-5-7-13(14)11-17-15(20)18-12-16(2,3)9-10-19/h5-8,19H,4,9-12H2,1-3H3,(H2,17,18,20). The highest BCUT2D eigenvalue weighted by Crippen LogP contribution is 2.18. The van der Waals surface area contributed by atoms with Gasteiger partial charge in [-0.1, -0.05) is 32.0 Å². The van der Waals surface area contributed by atoms with Gasteiger partial charge >= 0.3 is 6.03 Å². The molecule has 0 aliphatic heterocycles. The number of hydrogen-bond acceptors (Lipinski definition) is 3. The molecule has 21 heavy (non-hydrogen) atoms. The molecule has 0 saturated heterocycles. The number of urea groups is 1. The highest BCUT2D eigenvalue weighted by atomic mass is 16.5. The van der Waals surface area contributed by atoms with E-state index >= 15 is 0 Å². The number of rotatable bonds is 8. The Morgan fingerprint density at radius 3 is 2.67 bits per heavy atom. The highest BCUT2D eigenvalue weighted by Gasteiger charge is 2.18. The van der Waals surface area contributed by atoms with Crippen molar-refractivity contribution in [2.24, 2.45) is 5.41 Å². The zero-order valence-corrected chi connectivity index (χ0v) is 13.1. The van der Waals surface area contributed by atoms with Crippen LogP contribution >= 0.6 is 0 Å². The Hall–Kier alpha value is -1.75. The minimum absolute atomic E-state index is 0.116. The number of amides is 2. The quantitative estimate of drug-likeness (QED) is 0.689. The molecule has 1 rings (SSSR count). The van der Waals surface area contributed by atoms with Crippen molar-refractivity contribution >= 4 is 6.03 Å². The van der Waals surface area contributed by atoms with Gasteiger partial charge in [0.2, 0.25) is 0 Å². The fraction of sp³-hybridized carbons (Fsp3) is 0.562. The van der Waals surface area contributed by atoms with E-state index in [-0.39, 0.29) is 18.1 Å². The van der Waals surface area contributed by atoms with Gasteiger partial charge in [-0.25, -0.2) is 4.79 Å². The predicted octanol–water partition coefficient (Wildman–Crippen LogP) is 2.29. The molecule has 0 aromatic heterocycles. The second-order valence-electron chi connectivity index (χ2n) is 5.71. The van der Waals surface area contributed by atoms with E-state index in [1.165, 1.54) is 0 Å². The molecule has 118 valence electrons. The molecule has 1 aromatic carbocycles. The van der Waals surface area contributed by atoms with Crippen molar-refractivity contribution in [3.63, 3.8) is 0 Å². The van der Waals surface area contributed by atoms with Gasteiger partial charge < -0.3 is 20.5 Å². The molecule has 1 aromatic rings. The van der Waals surface area contributed by atoms with Crippen molar-refractivity contribution in [2.45, 2.75) is 33.7 Å². The number of carbonyl (C=O) groups is 1. The maximum atomic E-state index is 11.8. The molecular formula is C16H26N2O3. The molecular weight excluding hydrogens is 268 g/mol. The molecule has 0 bridgehead atoms. The number of hydrogen-bond donors (Lipinski definition) is 3. The molecule has 0 saturated carbocycles. The van der Waals surface area contributed by atoms with Gasteiger partial charge in [0.1, 0.15) is 5.75 Å². The highest BCUT2D eigenvalue weighted by molar-refractivity contribution is 5.73. The molecule has 0 radical (unpaired) electrons. The fourth-order valence-electron chi connectivity index (χ4n) is 1.89. The molecule has 0 unspecified atom stereocenters. The van der Waals surface area contributed by atoms with Crippen molar-refractivity contribution in [1.29, 1.82) is 0 Å². The molecule has 0 fully saturated rings. The van der Waals surface area contributed by atoms with Gasteiger partial charge in [-0.2, -0.15) is 0 Å². The molecule has 0 spiro atoms. The van der Waals surface area contributed by atoms with E-state index in [0.29, 0.717) is 26.1 Å².